The molecule has 11 nitrogen and oxygen atoms in total. The van der Waals surface area contributed by atoms with E-state index in [2.05, 4.69) is 15.7 Å². The fourth-order valence-corrected chi connectivity index (χ4v) is 6.43. The van der Waals surface area contributed by atoms with E-state index in [0.717, 1.165) is 12.5 Å². The predicted octanol–water partition coefficient (Wildman–Crippen LogP) is 2.46. The number of aryl methyl sites for hydroxylation is 1. The molecule has 1 aliphatic carbocycles. The van der Waals surface area contributed by atoms with Crippen LogP contribution in [0.4, 0.5) is 18.9 Å². The van der Waals surface area contributed by atoms with Gasteiger partial charge in [-0.05, 0) is 48.2 Å². The summed E-state index contributed by atoms with van der Waals surface area (Å²) < 4.78 is 91.4. The summed E-state index contributed by atoms with van der Waals surface area (Å²) in [5.41, 5.74) is 0.814. The average Bonchev–Trinajstić information content (AvgIpc) is 3.39. The van der Waals surface area contributed by atoms with Crippen molar-refractivity contribution in [3.8, 4) is 17.0 Å². The molecule has 2 N–H and O–H groups in total. The van der Waals surface area contributed by atoms with Gasteiger partial charge in [0.2, 0.25) is 5.91 Å². The Morgan fingerprint density at radius 3 is 2.43 bits per heavy atom. The Labute approximate surface area is 238 Å². The molecule has 5 rings (SSSR count). The SMILES string of the molecule is CS(=O)(=O)CC(=O)Nc1c(-c2ccc(S(C)(=O)=O)cc2)nn2c1C(=O)N[C@]1(CCc3cc(OCC(F)(F)F)ccc31)C2. The van der Waals surface area contributed by atoms with E-state index in [1.54, 1.807) is 6.07 Å². The molecule has 1 aliphatic heterocycles. The Bertz CT molecular complexity index is 1820. The molecule has 0 fully saturated rings. The van der Waals surface area contributed by atoms with Gasteiger partial charge in [0.25, 0.3) is 5.91 Å². The lowest BCUT2D eigenvalue weighted by Crippen LogP contribution is -2.52. The van der Waals surface area contributed by atoms with Gasteiger partial charge in [-0.3, -0.25) is 14.3 Å². The summed E-state index contributed by atoms with van der Waals surface area (Å²) >= 11 is 0. The number of nitrogens with zero attached hydrogens (tertiary/aromatic N) is 2. The second-order valence-electron chi connectivity index (χ2n) is 10.4. The fraction of sp³-hybridized carbons (Fsp3) is 0.346. The van der Waals surface area contributed by atoms with Gasteiger partial charge >= 0.3 is 6.18 Å². The highest BCUT2D eigenvalue weighted by Crippen LogP contribution is 2.44. The van der Waals surface area contributed by atoms with Crippen LogP contribution in [0.15, 0.2) is 47.4 Å². The minimum atomic E-state index is -4.49. The Balaban J connectivity index is 1.54. The fourth-order valence-electron chi connectivity index (χ4n) is 5.25. The molecule has 0 saturated carbocycles. The summed E-state index contributed by atoms with van der Waals surface area (Å²) in [5.74, 6) is -2.32. The maximum Gasteiger partial charge on any atom is 0.422 e. The highest BCUT2D eigenvalue weighted by Gasteiger charge is 2.46. The number of ether oxygens (including phenoxy) is 1. The van der Waals surface area contributed by atoms with Crippen LogP contribution in [0.2, 0.25) is 0 Å². The molecular weight excluding hydrogens is 601 g/mol. The van der Waals surface area contributed by atoms with E-state index in [4.69, 9.17) is 4.74 Å². The third-order valence-electron chi connectivity index (χ3n) is 6.97. The molecular formula is C26H25F3N4O7S2. The van der Waals surface area contributed by atoms with Crippen molar-refractivity contribution in [1.29, 1.82) is 0 Å². The number of hydrogen-bond donors (Lipinski definition) is 2. The van der Waals surface area contributed by atoms with Crippen LogP contribution in [0.3, 0.4) is 0 Å². The minimum absolute atomic E-state index is 0.0377. The number of alkyl halides is 3. The van der Waals surface area contributed by atoms with E-state index in [0.29, 0.717) is 29.5 Å². The Morgan fingerprint density at radius 2 is 1.81 bits per heavy atom. The summed E-state index contributed by atoms with van der Waals surface area (Å²) in [6, 6.07) is 10.1. The highest BCUT2D eigenvalue weighted by molar-refractivity contribution is 7.91. The van der Waals surface area contributed by atoms with Gasteiger partial charge in [-0.25, -0.2) is 16.8 Å². The van der Waals surface area contributed by atoms with Crippen molar-refractivity contribution in [2.45, 2.75) is 36.0 Å². The van der Waals surface area contributed by atoms with Crippen molar-refractivity contribution in [3.05, 3.63) is 59.3 Å². The Morgan fingerprint density at radius 1 is 1.12 bits per heavy atom. The maximum absolute atomic E-state index is 13.6. The maximum atomic E-state index is 13.6. The van der Waals surface area contributed by atoms with Gasteiger partial charge in [-0.15, -0.1) is 0 Å². The van der Waals surface area contributed by atoms with Gasteiger partial charge in [0.05, 0.1) is 17.0 Å². The summed E-state index contributed by atoms with van der Waals surface area (Å²) in [6.45, 7) is -1.34. The lowest BCUT2D eigenvalue weighted by atomic mass is 9.89. The van der Waals surface area contributed by atoms with Crippen molar-refractivity contribution in [2.24, 2.45) is 0 Å². The van der Waals surface area contributed by atoms with Gasteiger partial charge in [-0.2, -0.15) is 18.3 Å². The van der Waals surface area contributed by atoms with Gasteiger partial charge in [-0.1, -0.05) is 18.2 Å². The standard InChI is InChI=1S/C26H25F3N4O7S2/c1-41(36,37)12-20(34)30-22-21(15-3-6-18(7-4-15)42(2,38)39)32-33-13-25(31-24(35)23(22)33)10-9-16-11-17(5-8-19(16)25)40-14-26(27,28)29/h3-8,11H,9-10,12-14H2,1-2H3,(H,30,34)(H,31,35)/t25-/m1/s1. The topological polar surface area (TPSA) is 154 Å². The number of anilines is 1. The molecule has 2 amide bonds. The van der Waals surface area contributed by atoms with Gasteiger partial charge in [0, 0.05) is 18.1 Å². The zero-order valence-electron chi connectivity index (χ0n) is 22.3. The van der Waals surface area contributed by atoms with E-state index in [1.165, 1.54) is 41.1 Å². The molecule has 1 atom stereocenters. The first-order valence-corrected chi connectivity index (χ1v) is 16.4. The average molecular weight is 627 g/mol. The second kappa shape index (κ2) is 10.1. The number of carbonyl (C=O) groups is 2. The van der Waals surface area contributed by atoms with Crippen molar-refractivity contribution < 1.29 is 44.3 Å². The van der Waals surface area contributed by atoms with Crippen LogP contribution in [0.1, 0.15) is 28.0 Å². The molecule has 0 radical (unpaired) electrons. The van der Waals surface area contributed by atoms with Crippen LogP contribution >= 0.6 is 0 Å². The van der Waals surface area contributed by atoms with Crippen molar-refractivity contribution in [3.63, 3.8) is 0 Å². The van der Waals surface area contributed by atoms with Gasteiger partial charge in [0.15, 0.2) is 32.0 Å². The van der Waals surface area contributed by atoms with Crippen LogP contribution in [0.25, 0.3) is 11.3 Å². The van der Waals surface area contributed by atoms with Crippen molar-refractivity contribution in [2.75, 3.05) is 30.2 Å². The predicted molar refractivity (Wildman–Crippen MR) is 145 cm³/mol. The quantitative estimate of drug-likeness (QED) is 0.406. The Kier molecular flexibility index (Phi) is 7.12. The number of sulfone groups is 2. The van der Waals surface area contributed by atoms with Crippen LogP contribution in [-0.4, -0.2) is 69.5 Å². The molecule has 1 aromatic heterocycles. The highest BCUT2D eigenvalue weighted by atomic mass is 32.2. The molecule has 0 unspecified atom stereocenters. The minimum Gasteiger partial charge on any atom is -0.484 e. The van der Waals surface area contributed by atoms with Crippen molar-refractivity contribution in [1.82, 2.24) is 15.1 Å². The number of hydrogen-bond acceptors (Lipinski definition) is 8. The molecule has 42 heavy (non-hydrogen) atoms. The monoisotopic (exact) mass is 626 g/mol. The Hall–Kier alpha value is -3.92. The number of nitrogens with one attached hydrogen (secondary N) is 2. The number of aromatic nitrogens is 2. The van der Waals surface area contributed by atoms with Crippen molar-refractivity contribution >= 4 is 37.2 Å². The van der Waals surface area contributed by atoms with Gasteiger partial charge in [0.1, 0.15) is 22.9 Å². The number of halogens is 3. The van der Waals surface area contributed by atoms with E-state index in [1.807, 2.05) is 0 Å². The molecule has 1 spiro atoms. The van der Waals surface area contributed by atoms with Crippen LogP contribution in [-0.2, 0) is 43.0 Å². The lowest BCUT2D eigenvalue weighted by Gasteiger charge is -2.36. The van der Waals surface area contributed by atoms with Gasteiger partial charge < -0.3 is 15.4 Å². The number of amides is 2. The van der Waals surface area contributed by atoms with E-state index in [9.17, 15) is 39.6 Å². The smallest absolute Gasteiger partial charge is 0.422 e. The largest absolute Gasteiger partial charge is 0.484 e. The molecule has 16 heteroatoms. The molecule has 0 saturated heterocycles. The summed E-state index contributed by atoms with van der Waals surface area (Å²) in [5, 5.41) is 10.0. The second-order valence-corrected chi connectivity index (χ2v) is 14.6. The van der Waals surface area contributed by atoms with E-state index >= 15 is 0 Å². The lowest BCUT2D eigenvalue weighted by molar-refractivity contribution is -0.153. The third kappa shape index (κ3) is 5.99. The summed E-state index contributed by atoms with van der Waals surface area (Å²) in [7, 11) is -7.22. The van der Waals surface area contributed by atoms with E-state index < -0.39 is 55.6 Å². The third-order valence-corrected chi connectivity index (χ3v) is 8.88. The summed E-state index contributed by atoms with van der Waals surface area (Å²) in [4.78, 5) is 26.2. The normalized spacial score (nSPS) is 18.4. The first-order chi connectivity index (χ1) is 19.4. The zero-order valence-corrected chi connectivity index (χ0v) is 23.9. The van der Waals surface area contributed by atoms with E-state index in [-0.39, 0.29) is 34.3 Å². The number of benzene rings is 2. The number of fused-ring (bicyclic) bond motifs is 3. The molecule has 3 aromatic rings. The molecule has 2 heterocycles. The zero-order chi connectivity index (χ0) is 30.7. The molecule has 224 valence electrons. The molecule has 2 aromatic carbocycles. The molecule has 0 bridgehead atoms. The number of rotatable bonds is 7. The van der Waals surface area contributed by atoms with Crippen LogP contribution in [0.5, 0.6) is 5.75 Å². The first-order valence-electron chi connectivity index (χ1n) is 12.5. The van der Waals surface area contributed by atoms with Crippen LogP contribution in [0, 0.1) is 0 Å². The first kappa shape index (κ1) is 29.6. The summed E-state index contributed by atoms with van der Waals surface area (Å²) in [6.07, 6.45) is -1.72. The number of carbonyl (C=O) groups excluding carboxylic acids is 2. The molecule has 2 aliphatic rings. The van der Waals surface area contributed by atoms with Crippen LogP contribution < -0.4 is 15.4 Å².